The van der Waals surface area contributed by atoms with Crippen molar-refractivity contribution in [2.24, 2.45) is 5.84 Å². The van der Waals surface area contributed by atoms with E-state index >= 15 is 0 Å². The van der Waals surface area contributed by atoms with E-state index in [1.165, 1.54) is 12.1 Å². The van der Waals surface area contributed by atoms with Gasteiger partial charge in [0.05, 0.1) is 0 Å². The normalized spacial score (nSPS) is 12.4. The Morgan fingerprint density at radius 2 is 2.05 bits per heavy atom. The van der Waals surface area contributed by atoms with Crippen molar-refractivity contribution in [3.63, 3.8) is 0 Å². The van der Waals surface area contributed by atoms with Crippen LogP contribution in [0.5, 0.6) is 0 Å². The predicted octanol–water partition coefficient (Wildman–Crippen LogP) is 4.41. The van der Waals surface area contributed by atoms with Gasteiger partial charge in [-0.05, 0) is 52.2 Å². The van der Waals surface area contributed by atoms with Gasteiger partial charge in [-0.25, -0.2) is 4.39 Å². The van der Waals surface area contributed by atoms with Crippen molar-refractivity contribution < 1.29 is 4.39 Å². The second kappa shape index (κ2) is 8.15. The third-order valence-electron chi connectivity index (χ3n) is 2.99. The van der Waals surface area contributed by atoms with Gasteiger partial charge in [-0.1, -0.05) is 29.8 Å². The number of rotatable bonds is 6. The largest absolute Gasteiger partial charge is 0.271 e. The minimum absolute atomic E-state index is 0.0464. The maximum Gasteiger partial charge on any atom is 0.124 e. The molecule has 3 N–H and O–H groups in total. The minimum atomic E-state index is -0.330. The van der Waals surface area contributed by atoms with Crippen LogP contribution in [0.1, 0.15) is 5.56 Å². The Morgan fingerprint density at radius 3 is 2.71 bits per heavy atom. The molecule has 0 heterocycles. The molecule has 0 amide bonds. The number of hydrogen-bond donors (Lipinski definition) is 2. The molecule has 2 nitrogen and oxygen atoms in total. The van der Waals surface area contributed by atoms with E-state index in [1.807, 2.05) is 24.3 Å². The molecule has 0 radical (unpaired) electrons. The lowest BCUT2D eigenvalue weighted by Gasteiger charge is -2.16. The molecule has 2 aromatic carbocycles. The highest BCUT2D eigenvalue weighted by atomic mass is 79.9. The van der Waals surface area contributed by atoms with Crippen molar-refractivity contribution in [3.8, 4) is 0 Å². The molecule has 0 bridgehead atoms. The van der Waals surface area contributed by atoms with Crippen molar-refractivity contribution in [2.45, 2.75) is 17.4 Å². The summed E-state index contributed by atoms with van der Waals surface area (Å²) in [5.41, 5.74) is 3.68. The lowest BCUT2D eigenvalue weighted by Crippen LogP contribution is -2.38. The molecule has 0 fully saturated rings. The SMILES string of the molecule is NNC(CSc1ccccc1Br)Cc1ccc(F)cc1Cl. The standard InChI is InChI=1S/C15H15BrClFN2S/c16-13-3-1-2-4-15(13)21-9-12(20-19)7-10-5-6-11(18)8-14(10)17/h1-6,8,12,20H,7,9,19H2. The molecule has 6 heteroatoms. The molecule has 0 aromatic heterocycles. The number of thioether (sulfide) groups is 1. The van der Waals surface area contributed by atoms with Crippen molar-refractivity contribution >= 4 is 39.3 Å². The quantitative estimate of drug-likeness (QED) is 0.437. The molecule has 1 unspecified atom stereocenters. The van der Waals surface area contributed by atoms with E-state index in [9.17, 15) is 4.39 Å². The third kappa shape index (κ3) is 4.97. The first-order valence-corrected chi connectivity index (χ1v) is 8.53. The summed E-state index contributed by atoms with van der Waals surface area (Å²) in [6.45, 7) is 0. The lowest BCUT2D eigenvalue weighted by molar-refractivity contribution is 0.573. The van der Waals surface area contributed by atoms with E-state index in [0.29, 0.717) is 11.4 Å². The molecule has 1 atom stereocenters. The maximum atomic E-state index is 13.0. The first-order chi connectivity index (χ1) is 10.1. The van der Waals surface area contributed by atoms with Crippen LogP contribution in [0.4, 0.5) is 4.39 Å². The number of benzene rings is 2. The summed E-state index contributed by atoms with van der Waals surface area (Å²) in [4.78, 5) is 1.16. The number of nitrogens with one attached hydrogen (secondary N) is 1. The summed E-state index contributed by atoms with van der Waals surface area (Å²) in [5, 5.41) is 0.432. The van der Waals surface area contributed by atoms with Crippen LogP contribution >= 0.6 is 39.3 Å². The average Bonchev–Trinajstić information content (AvgIpc) is 2.47. The molecule has 112 valence electrons. The van der Waals surface area contributed by atoms with Gasteiger partial charge in [-0.2, -0.15) is 0 Å². The Hall–Kier alpha value is -0.590. The summed E-state index contributed by atoms with van der Waals surface area (Å²) in [6, 6.07) is 12.5. The highest BCUT2D eigenvalue weighted by Gasteiger charge is 2.12. The van der Waals surface area contributed by atoms with Gasteiger partial charge in [0.15, 0.2) is 0 Å². The Morgan fingerprint density at radius 1 is 1.29 bits per heavy atom. The monoisotopic (exact) mass is 388 g/mol. The summed E-state index contributed by atoms with van der Waals surface area (Å²) >= 11 is 11.3. The van der Waals surface area contributed by atoms with Crippen LogP contribution < -0.4 is 11.3 Å². The van der Waals surface area contributed by atoms with Gasteiger partial charge in [0.25, 0.3) is 0 Å². The zero-order valence-corrected chi connectivity index (χ0v) is 14.3. The smallest absolute Gasteiger partial charge is 0.124 e. The van der Waals surface area contributed by atoms with Gasteiger partial charge in [0.2, 0.25) is 0 Å². The van der Waals surface area contributed by atoms with Crippen LogP contribution in [0.15, 0.2) is 51.8 Å². The molecule has 0 saturated heterocycles. The van der Waals surface area contributed by atoms with E-state index in [2.05, 4.69) is 21.4 Å². The molecule has 21 heavy (non-hydrogen) atoms. The molecule has 0 aliphatic heterocycles. The fourth-order valence-corrected chi connectivity index (χ4v) is 3.72. The summed E-state index contributed by atoms with van der Waals surface area (Å²) in [7, 11) is 0. The van der Waals surface area contributed by atoms with Crippen molar-refractivity contribution in [1.29, 1.82) is 0 Å². The zero-order valence-electron chi connectivity index (χ0n) is 11.2. The van der Waals surface area contributed by atoms with E-state index in [1.54, 1.807) is 17.8 Å². The summed E-state index contributed by atoms with van der Waals surface area (Å²) < 4.78 is 14.1. The Balaban J connectivity index is 1.99. The van der Waals surface area contributed by atoms with Gasteiger partial charge in [-0.15, -0.1) is 11.8 Å². The van der Waals surface area contributed by atoms with Crippen molar-refractivity contribution in [1.82, 2.24) is 5.43 Å². The zero-order chi connectivity index (χ0) is 15.2. The summed E-state index contributed by atoms with van der Waals surface area (Å²) in [6.07, 6.45) is 0.646. The van der Waals surface area contributed by atoms with Crippen molar-refractivity contribution in [3.05, 3.63) is 63.3 Å². The number of halogens is 3. The van der Waals surface area contributed by atoms with E-state index in [4.69, 9.17) is 17.4 Å². The fraction of sp³-hybridized carbons (Fsp3) is 0.200. The van der Waals surface area contributed by atoms with Gasteiger partial charge < -0.3 is 0 Å². The minimum Gasteiger partial charge on any atom is -0.271 e. The number of hydrogen-bond acceptors (Lipinski definition) is 3. The lowest BCUT2D eigenvalue weighted by atomic mass is 10.1. The second-order valence-corrected chi connectivity index (χ2v) is 6.87. The highest BCUT2D eigenvalue weighted by Crippen LogP contribution is 2.28. The molecule has 0 aliphatic rings. The van der Waals surface area contributed by atoms with Crippen LogP contribution in [0.2, 0.25) is 5.02 Å². The third-order valence-corrected chi connectivity index (χ3v) is 5.54. The number of nitrogens with two attached hydrogens (primary N) is 1. The van der Waals surface area contributed by atoms with Gasteiger partial charge in [-0.3, -0.25) is 11.3 Å². The molecule has 0 aliphatic carbocycles. The van der Waals surface area contributed by atoms with E-state index < -0.39 is 0 Å². The van der Waals surface area contributed by atoms with Gasteiger partial charge in [0, 0.05) is 26.2 Å². The summed E-state index contributed by atoms with van der Waals surface area (Å²) in [5.74, 6) is 6.07. The van der Waals surface area contributed by atoms with Crippen LogP contribution in [0, 0.1) is 5.82 Å². The van der Waals surface area contributed by atoms with Crippen molar-refractivity contribution in [2.75, 3.05) is 5.75 Å². The van der Waals surface area contributed by atoms with Crippen LogP contribution in [0.3, 0.4) is 0 Å². The maximum absolute atomic E-state index is 13.0. The first kappa shape index (κ1) is 16.8. The van der Waals surface area contributed by atoms with Gasteiger partial charge in [0.1, 0.15) is 5.82 Å². The Labute approximate surface area is 141 Å². The Kier molecular flexibility index (Phi) is 6.51. The fourth-order valence-electron chi connectivity index (χ4n) is 1.87. The van der Waals surface area contributed by atoms with E-state index in [0.717, 1.165) is 20.7 Å². The molecule has 0 spiro atoms. The molecule has 0 saturated carbocycles. The molecule has 2 rings (SSSR count). The second-order valence-electron chi connectivity index (χ2n) is 4.54. The topological polar surface area (TPSA) is 38.0 Å². The molecular formula is C15H15BrClFN2S. The van der Waals surface area contributed by atoms with E-state index in [-0.39, 0.29) is 11.9 Å². The van der Waals surface area contributed by atoms with Crippen LogP contribution in [0.25, 0.3) is 0 Å². The predicted molar refractivity (Wildman–Crippen MR) is 91.1 cm³/mol. The molecule has 2 aromatic rings. The Bertz CT molecular complexity index is 612. The van der Waals surface area contributed by atoms with Crippen LogP contribution in [-0.2, 0) is 6.42 Å². The number of hydrazine groups is 1. The molecular weight excluding hydrogens is 375 g/mol. The van der Waals surface area contributed by atoms with Gasteiger partial charge >= 0.3 is 0 Å². The first-order valence-electron chi connectivity index (χ1n) is 6.37. The average molecular weight is 390 g/mol. The highest BCUT2D eigenvalue weighted by molar-refractivity contribution is 9.10. The van der Waals surface area contributed by atoms with Crippen LogP contribution in [-0.4, -0.2) is 11.8 Å².